The van der Waals surface area contributed by atoms with Gasteiger partial charge in [-0.2, -0.15) is 10.1 Å². The van der Waals surface area contributed by atoms with Crippen LogP contribution in [0.5, 0.6) is 0 Å². The molecule has 0 N–H and O–H groups in total. The zero-order valence-electron chi connectivity index (χ0n) is 11.2. The highest BCUT2D eigenvalue weighted by Crippen LogP contribution is 2.18. The monoisotopic (exact) mass is 295 g/mol. The van der Waals surface area contributed by atoms with Crippen molar-refractivity contribution in [1.82, 2.24) is 14.8 Å². The maximum absolute atomic E-state index is 11.5. The molecule has 0 unspecified atom stereocenters. The molecule has 20 heavy (non-hydrogen) atoms. The van der Waals surface area contributed by atoms with E-state index >= 15 is 0 Å². The highest BCUT2D eigenvalue weighted by atomic mass is 32.2. The minimum absolute atomic E-state index is 0.169. The van der Waals surface area contributed by atoms with Crippen molar-refractivity contribution in [2.75, 3.05) is 13.4 Å². The Morgan fingerprint density at radius 1 is 1.55 bits per heavy atom. The van der Waals surface area contributed by atoms with Gasteiger partial charge < -0.3 is 9.15 Å². The number of rotatable bonds is 4. The molecule has 2 heterocycles. The van der Waals surface area contributed by atoms with Crippen LogP contribution in [0.25, 0.3) is 0 Å². The number of aryl methyl sites for hydroxylation is 1. The second kappa shape index (κ2) is 5.91. The van der Waals surface area contributed by atoms with E-state index in [0.29, 0.717) is 16.5 Å². The third kappa shape index (κ3) is 2.90. The first kappa shape index (κ1) is 14.3. The SMILES string of the molecule is COC(=O)c1oc(Cn2ncc(=O)nc2SC)cc1C. The predicted octanol–water partition coefficient (Wildman–Crippen LogP) is 1.10. The van der Waals surface area contributed by atoms with Crippen molar-refractivity contribution in [2.24, 2.45) is 0 Å². The first-order valence-electron chi connectivity index (χ1n) is 5.71. The summed E-state index contributed by atoms with van der Waals surface area (Å²) in [7, 11) is 1.29. The fourth-order valence-electron chi connectivity index (χ4n) is 1.68. The highest BCUT2D eigenvalue weighted by molar-refractivity contribution is 7.98. The highest BCUT2D eigenvalue weighted by Gasteiger charge is 2.17. The molecule has 0 atom stereocenters. The summed E-state index contributed by atoms with van der Waals surface area (Å²) in [4.78, 5) is 26.5. The summed E-state index contributed by atoms with van der Waals surface area (Å²) < 4.78 is 11.6. The summed E-state index contributed by atoms with van der Waals surface area (Å²) >= 11 is 1.31. The Labute approximate surface area is 119 Å². The molecule has 0 aliphatic heterocycles. The third-order valence-electron chi connectivity index (χ3n) is 2.56. The molecule has 0 radical (unpaired) electrons. The molecule has 0 amide bonds. The Morgan fingerprint density at radius 2 is 2.30 bits per heavy atom. The number of carbonyl (C=O) groups excluding carboxylic acids is 1. The predicted molar refractivity (Wildman–Crippen MR) is 72.0 cm³/mol. The van der Waals surface area contributed by atoms with Crippen LogP contribution < -0.4 is 5.56 Å². The van der Waals surface area contributed by atoms with Crippen molar-refractivity contribution in [2.45, 2.75) is 18.6 Å². The zero-order valence-corrected chi connectivity index (χ0v) is 12.1. The molecule has 0 saturated heterocycles. The van der Waals surface area contributed by atoms with E-state index in [-0.39, 0.29) is 12.3 Å². The topological polar surface area (TPSA) is 87.2 Å². The van der Waals surface area contributed by atoms with Gasteiger partial charge in [-0.15, -0.1) is 0 Å². The van der Waals surface area contributed by atoms with Gasteiger partial charge in [0, 0.05) is 5.56 Å². The second-order valence-corrected chi connectivity index (χ2v) is 4.73. The minimum atomic E-state index is -0.523. The number of carbonyl (C=O) groups is 1. The van der Waals surface area contributed by atoms with Crippen LogP contribution in [-0.2, 0) is 11.3 Å². The van der Waals surface area contributed by atoms with Crippen molar-refractivity contribution in [3.63, 3.8) is 0 Å². The van der Waals surface area contributed by atoms with Crippen LogP contribution in [0.2, 0.25) is 0 Å². The molecule has 0 aliphatic carbocycles. The molecule has 8 heteroatoms. The number of ether oxygens (including phenoxy) is 1. The summed E-state index contributed by atoms with van der Waals surface area (Å²) in [6, 6.07) is 1.73. The summed E-state index contributed by atoms with van der Waals surface area (Å²) in [6.07, 6.45) is 2.93. The molecular formula is C12H13N3O4S. The standard InChI is InChI=1S/C12H13N3O4S/c1-7-4-8(19-10(7)11(17)18-2)6-15-12(20-3)14-9(16)5-13-15/h4-5H,6H2,1-3H3. The van der Waals surface area contributed by atoms with Crippen LogP contribution in [0.15, 0.2) is 26.6 Å². The lowest BCUT2D eigenvalue weighted by Gasteiger charge is -2.06. The molecule has 0 fully saturated rings. The fraction of sp³-hybridized carbons (Fsp3) is 0.333. The maximum Gasteiger partial charge on any atom is 0.374 e. The summed E-state index contributed by atoms with van der Waals surface area (Å²) in [5.74, 6) is 0.184. The Bertz CT molecular complexity index is 692. The molecule has 0 bridgehead atoms. The Kier molecular flexibility index (Phi) is 4.23. The summed E-state index contributed by atoms with van der Waals surface area (Å²) in [6.45, 7) is 2.03. The van der Waals surface area contributed by atoms with Gasteiger partial charge in [0.1, 0.15) is 18.5 Å². The number of nitrogens with zero attached hydrogens (tertiary/aromatic N) is 3. The van der Waals surface area contributed by atoms with Crippen LogP contribution in [0, 0.1) is 6.92 Å². The number of thioether (sulfide) groups is 1. The van der Waals surface area contributed by atoms with Crippen molar-refractivity contribution in [3.8, 4) is 0 Å². The second-order valence-electron chi connectivity index (χ2n) is 3.96. The number of hydrogen-bond acceptors (Lipinski definition) is 7. The molecule has 2 rings (SSSR count). The van der Waals surface area contributed by atoms with E-state index in [1.165, 1.54) is 23.6 Å². The summed E-state index contributed by atoms with van der Waals surface area (Å²) in [5.41, 5.74) is 0.294. The number of esters is 1. The largest absolute Gasteiger partial charge is 0.463 e. The lowest BCUT2D eigenvalue weighted by molar-refractivity contribution is 0.0561. The van der Waals surface area contributed by atoms with Gasteiger partial charge in [0.15, 0.2) is 5.16 Å². The van der Waals surface area contributed by atoms with Crippen LogP contribution in [0.3, 0.4) is 0 Å². The van der Waals surface area contributed by atoms with Gasteiger partial charge in [0.05, 0.1) is 7.11 Å². The number of methoxy groups -OCH3 is 1. The van der Waals surface area contributed by atoms with Gasteiger partial charge in [0.25, 0.3) is 5.56 Å². The first-order valence-corrected chi connectivity index (χ1v) is 6.93. The zero-order chi connectivity index (χ0) is 14.7. The first-order chi connectivity index (χ1) is 9.55. The number of aromatic nitrogens is 3. The lowest BCUT2D eigenvalue weighted by atomic mass is 10.2. The average molecular weight is 295 g/mol. The van der Waals surface area contributed by atoms with E-state index in [4.69, 9.17) is 4.42 Å². The van der Waals surface area contributed by atoms with Gasteiger partial charge in [-0.3, -0.25) is 4.79 Å². The van der Waals surface area contributed by atoms with Crippen LogP contribution in [-0.4, -0.2) is 34.1 Å². The molecule has 7 nitrogen and oxygen atoms in total. The maximum atomic E-state index is 11.5. The van der Waals surface area contributed by atoms with Gasteiger partial charge >= 0.3 is 5.97 Å². The van der Waals surface area contributed by atoms with Gasteiger partial charge in [0.2, 0.25) is 5.76 Å². The molecule has 0 spiro atoms. The van der Waals surface area contributed by atoms with Gasteiger partial charge in [-0.25, -0.2) is 9.48 Å². The van der Waals surface area contributed by atoms with Crippen LogP contribution in [0.4, 0.5) is 0 Å². The Morgan fingerprint density at radius 3 is 2.95 bits per heavy atom. The van der Waals surface area contributed by atoms with E-state index in [1.807, 2.05) is 0 Å². The van der Waals surface area contributed by atoms with Crippen molar-refractivity contribution >= 4 is 17.7 Å². The molecule has 0 aliphatic rings. The van der Waals surface area contributed by atoms with E-state index in [9.17, 15) is 9.59 Å². The van der Waals surface area contributed by atoms with Crippen molar-refractivity contribution in [3.05, 3.63) is 39.7 Å². The van der Waals surface area contributed by atoms with E-state index in [2.05, 4.69) is 14.8 Å². The van der Waals surface area contributed by atoms with E-state index in [0.717, 1.165) is 6.20 Å². The quantitative estimate of drug-likeness (QED) is 0.616. The fourth-order valence-corrected chi connectivity index (χ4v) is 2.18. The summed E-state index contributed by atoms with van der Waals surface area (Å²) in [5, 5.41) is 4.47. The number of furan rings is 1. The minimum Gasteiger partial charge on any atom is -0.463 e. The normalized spacial score (nSPS) is 10.6. The van der Waals surface area contributed by atoms with E-state index < -0.39 is 11.5 Å². The van der Waals surface area contributed by atoms with Crippen LogP contribution in [0.1, 0.15) is 21.9 Å². The molecular weight excluding hydrogens is 282 g/mol. The number of hydrogen-bond donors (Lipinski definition) is 0. The lowest BCUT2D eigenvalue weighted by Crippen LogP contribution is -2.17. The Hall–Kier alpha value is -2.09. The molecule has 0 saturated carbocycles. The van der Waals surface area contributed by atoms with Crippen LogP contribution >= 0.6 is 11.8 Å². The molecule has 0 aromatic carbocycles. The van der Waals surface area contributed by atoms with Gasteiger partial charge in [-0.05, 0) is 19.2 Å². The van der Waals surface area contributed by atoms with Crippen molar-refractivity contribution in [1.29, 1.82) is 0 Å². The molecule has 106 valence electrons. The van der Waals surface area contributed by atoms with E-state index in [1.54, 1.807) is 19.2 Å². The van der Waals surface area contributed by atoms with Gasteiger partial charge in [-0.1, -0.05) is 11.8 Å². The molecule has 2 aromatic heterocycles. The third-order valence-corrected chi connectivity index (χ3v) is 3.23. The Balaban J connectivity index is 2.31. The average Bonchev–Trinajstić information content (AvgIpc) is 2.80. The van der Waals surface area contributed by atoms with Crippen molar-refractivity contribution < 1.29 is 13.9 Å². The smallest absolute Gasteiger partial charge is 0.374 e. The molecule has 2 aromatic rings.